The number of alkyl halides is 1. The van der Waals surface area contributed by atoms with Crippen LogP contribution in [0.15, 0.2) is 36.7 Å². The molecule has 3 aromatic rings. The molecule has 3 rings (SSSR count). The van der Waals surface area contributed by atoms with E-state index in [-0.39, 0.29) is 16.3 Å². The average molecular weight is 454 g/mol. The largest absolute Gasteiger partial charge is 0.492 e. The molecular weight excluding hydrogens is 439 g/mol. The van der Waals surface area contributed by atoms with Crippen molar-refractivity contribution in [2.45, 2.75) is 6.92 Å². The molecule has 0 bridgehead atoms. The summed E-state index contributed by atoms with van der Waals surface area (Å²) >= 11 is 8.96. The van der Waals surface area contributed by atoms with Crippen molar-refractivity contribution in [1.82, 2.24) is 9.97 Å². The number of hydrogen-bond donors (Lipinski definition) is 2. The summed E-state index contributed by atoms with van der Waals surface area (Å²) in [6.07, 6.45) is 1.41. The predicted molar refractivity (Wildman–Crippen MR) is 108 cm³/mol. The molecular formula is C18H15BrClFN4O2. The summed E-state index contributed by atoms with van der Waals surface area (Å²) in [5.41, 5.74) is 1.70. The fourth-order valence-corrected chi connectivity index (χ4v) is 2.77. The normalized spacial score (nSPS) is 10.7. The number of anilines is 3. The molecule has 0 aliphatic carbocycles. The third kappa shape index (κ3) is 4.45. The summed E-state index contributed by atoms with van der Waals surface area (Å²) in [6, 6.07) is 7.74. The van der Waals surface area contributed by atoms with Gasteiger partial charge in [0.05, 0.1) is 28.2 Å². The van der Waals surface area contributed by atoms with Gasteiger partial charge in [0.2, 0.25) is 5.91 Å². The van der Waals surface area contributed by atoms with Crippen LogP contribution < -0.4 is 15.4 Å². The van der Waals surface area contributed by atoms with Gasteiger partial charge in [-0.1, -0.05) is 27.5 Å². The van der Waals surface area contributed by atoms with Crippen molar-refractivity contribution in [3.63, 3.8) is 0 Å². The topological polar surface area (TPSA) is 76.1 Å². The minimum atomic E-state index is -0.504. The Morgan fingerprint density at radius 3 is 2.81 bits per heavy atom. The lowest BCUT2D eigenvalue weighted by Gasteiger charge is -2.14. The van der Waals surface area contributed by atoms with E-state index in [4.69, 9.17) is 16.3 Å². The molecule has 2 aromatic carbocycles. The van der Waals surface area contributed by atoms with Crippen LogP contribution in [0.1, 0.15) is 6.92 Å². The number of nitrogens with zero attached hydrogens (tertiary/aromatic N) is 2. The Labute approximate surface area is 168 Å². The fourth-order valence-electron chi connectivity index (χ4n) is 2.45. The standard InChI is InChI=1S/C18H15BrClFN4O2/c1-2-27-16-7-14-11(6-15(16)25-17(26)8-19)18(23-9-22-14)24-10-3-4-13(21)12(20)5-10/h3-7,9H,2,8H2,1H3,(H,25,26)(H,22,23,24). The van der Waals surface area contributed by atoms with Crippen molar-refractivity contribution in [2.24, 2.45) is 0 Å². The fraction of sp³-hybridized carbons (Fsp3) is 0.167. The molecule has 0 fully saturated rings. The highest BCUT2D eigenvalue weighted by Gasteiger charge is 2.13. The van der Waals surface area contributed by atoms with Gasteiger partial charge in [-0.2, -0.15) is 0 Å². The van der Waals surface area contributed by atoms with Crippen molar-refractivity contribution in [3.8, 4) is 5.75 Å². The minimum absolute atomic E-state index is 0.00210. The summed E-state index contributed by atoms with van der Waals surface area (Å²) < 4.78 is 19.0. The molecule has 140 valence electrons. The Hall–Kier alpha value is -2.45. The van der Waals surface area contributed by atoms with Gasteiger partial charge in [0.25, 0.3) is 0 Å². The van der Waals surface area contributed by atoms with Crippen LogP contribution in [0.3, 0.4) is 0 Å². The first-order chi connectivity index (χ1) is 13.0. The Bertz CT molecular complexity index is 1000. The zero-order valence-electron chi connectivity index (χ0n) is 14.2. The third-order valence-corrected chi connectivity index (χ3v) is 4.41. The van der Waals surface area contributed by atoms with E-state index in [1.165, 1.54) is 18.5 Å². The first-order valence-corrected chi connectivity index (χ1v) is 9.51. The number of hydrogen-bond acceptors (Lipinski definition) is 5. The molecule has 27 heavy (non-hydrogen) atoms. The minimum Gasteiger partial charge on any atom is -0.492 e. The van der Waals surface area contributed by atoms with Crippen LogP contribution >= 0.6 is 27.5 Å². The summed E-state index contributed by atoms with van der Waals surface area (Å²) in [5.74, 6) is 0.275. The highest BCUT2D eigenvalue weighted by Crippen LogP contribution is 2.33. The molecule has 1 aromatic heterocycles. The SMILES string of the molecule is CCOc1cc2ncnc(Nc3ccc(F)c(Cl)c3)c2cc1NC(=O)CBr. The maximum atomic E-state index is 13.4. The van der Waals surface area contributed by atoms with Crippen LogP contribution in [0.25, 0.3) is 10.9 Å². The van der Waals surface area contributed by atoms with E-state index in [0.29, 0.717) is 40.5 Å². The maximum Gasteiger partial charge on any atom is 0.235 e. The van der Waals surface area contributed by atoms with Crippen molar-refractivity contribution in [3.05, 3.63) is 47.5 Å². The summed E-state index contributed by atoms with van der Waals surface area (Å²) in [5, 5.41) is 6.69. The number of nitrogens with one attached hydrogen (secondary N) is 2. The summed E-state index contributed by atoms with van der Waals surface area (Å²) in [6.45, 7) is 2.29. The van der Waals surface area contributed by atoms with Crippen LogP contribution in [0.4, 0.5) is 21.6 Å². The summed E-state index contributed by atoms with van der Waals surface area (Å²) in [4.78, 5) is 20.3. The molecule has 1 amide bonds. The van der Waals surface area contributed by atoms with E-state index in [1.54, 1.807) is 18.2 Å². The lowest BCUT2D eigenvalue weighted by molar-refractivity contribution is -0.113. The Kier molecular flexibility index (Phi) is 6.08. The Morgan fingerprint density at radius 1 is 1.30 bits per heavy atom. The van der Waals surface area contributed by atoms with Gasteiger partial charge < -0.3 is 15.4 Å². The molecule has 0 saturated heterocycles. The van der Waals surface area contributed by atoms with Gasteiger partial charge in [0.15, 0.2) is 0 Å². The molecule has 0 atom stereocenters. The molecule has 0 aliphatic heterocycles. The molecule has 1 heterocycles. The highest BCUT2D eigenvalue weighted by atomic mass is 79.9. The monoisotopic (exact) mass is 452 g/mol. The number of ether oxygens (including phenoxy) is 1. The molecule has 0 spiro atoms. The number of benzene rings is 2. The van der Waals surface area contributed by atoms with E-state index in [0.717, 1.165) is 0 Å². The number of rotatable bonds is 6. The number of amides is 1. The van der Waals surface area contributed by atoms with E-state index in [2.05, 4.69) is 36.5 Å². The smallest absolute Gasteiger partial charge is 0.235 e. The number of carbonyl (C=O) groups is 1. The van der Waals surface area contributed by atoms with Gasteiger partial charge in [-0.25, -0.2) is 14.4 Å². The van der Waals surface area contributed by atoms with Gasteiger partial charge in [-0.15, -0.1) is 0 Å². The second-order valence-corrected chi connectivity index (χ2v) is 6.42. The van der Waals surface area contributed by atoms with Crippen molar-refractivity contribution < 1.29 is 13.9 Å². The van der Waals surface area contributed by atoms with E-state index < -0.39 is 5.82 Å². The lowest BCUT2D eigenvalue weighted by Crippen LogP contribution is -2.13. The van der Waals surface area contributed by atoms with Gasteiger partial charge in [0, 0.05) is 17.1 Å². The number of aromatic nitrogens is 2. The first kappa shape index (κ1) is 19.3. The van der Waals surface area contributed by atoms with Crippen LogP contribution in [-0.2, 0) is 4.79 Å². The van der Waals surface area contributed by atoms with E-state index in [9.17, 15) is 9.18 Å². The van der Waals surface area contributed by atoms with Crippen molar-refractivity contribution >= 4 is 61.5 Å². The van der Waals surface area contributed by atoms with Crippen molar-refractivity contribution in [2.75, 3.05) is 22.6 Å². The summed E-state index contributed by atoms with van der Waals surface area (Å²) in [7, 11) is 0. The second-order valence-electron chi connectivity index (χ2n) is 5.46. The predicted octanol–water partition coefficient (Wildman–Crippen LogP) is 4.90. The van der Waals surface area contributed by atoms with Gasteiger partial charge in [-0.05, 0) is 31.2 Å². The molecule has 6 nitrogen and oxygen atoms in total. The average Bonchev–Trinajstić information content (AvgIpc) is 2.66. The van der Waals surface area contributed by atoms with Gasteiger partial charge in [0.1, 0.15) is 23.7 Å². The molecule has 0 radical (unpaired) electrons. The molecule has 9 heteroatoms. The lowest BCUT2D eigenvalue weighted by atomic mass is 10.2. The molecule has 2 N–H and O–H groups in total. The van der Waals surface area contributed by atoms with Crippen LogP contribution in [0, 0.1) is 5.82 Å². The number of fused-ring (bicyclic) bond motifs is 1. The molecule has 0 unspecified atom stereocenters. The van der Waals surface area contributed by atoms with Gasteiger partial charge in [-0.3, -0.25) is 4.79 Å². The van der Waals surface area contributed by atoms with Crippen molar-refractivity contribution in [1.29, 1.82) is 0 Å². The van der Waals surface area contributed by atoms with Gasteiger partial charge >= 0.3 is 0 Å². The quantitative estimate of drug-likeness (QED) is 0.519. The number of carbonyl (C=O) groups excluding carboxylic acids is 1. The maximum absolute atomic E-state index is 13.4. The second kappa shape index (κ2) is 8.49. The number of halogens is 3. The molecule has 0 aliphatic rings. The van der Waals surface area contributed by atoms with Crippen LogP contribution in [-0.4, -0.2) is 27.8 Å². The zero-order chi connectivity index (χ0) is 19.4. The third-order valence-electron chi connectivity index (χ3n) is 3.61. The van der Waals surface area contributed by atoms with Crippen LogP contribution in [0.5, 0.6) is 5.75 Å². The van der Waals surface area contributed by atoms with Crippen LogP contribution in [0.2, 0.25) is 5.02 Å². The highest BCUT2D eigenvalue weighted by molar-refractivity contribution is 9.09. The van der Waals surface area contributed by atoms with E-state index in [1.807, 2.05) is 6.92 Å². The van der Waals surface area contributed by atoms with E-state index >= 15 is 0 Å². The Balaban J connectivity index is 2.06. The first-order valence-electron chi connectivity index (χ1n) is 8.01. The Morgan fingerprint density at radius 2 is 2.11 bits per heavy atom. The molecule has 0 saturated carbocycles. The zero-order valence-corrected chi connectivity index (χ0v) is 16.6.